The quantitative estimate of drug-likeness (QED) is 0.369. The van der Waals surface area contributed by atoms with Crippen molar-refractivity contribution in [3.8, 4) is 0 Å². The molecular weight excluding hydrogens is 320 g/mol. The predicted octanol–water partition coefficient (Wildman–Crippen LogP) is 6.62. The summed E-state index contributed by atoms with van der Waals surface area (Å²) in [6.45, 7) is 9.01. The molecule has 0 nitrogen and oxygen atoms in total. The van der Waals surface area contributed by atoms with Gasteiger partial charge in [-0.15, -0.1) is 0 Å². The maximum atomic E-state index is 2.35. The molecule has 130 valence electrons. The van der Waals surface area contributed by atoms with Crippen molar-refractivity contribution < 1.29 is 17.1 Å². The van der Waals surface area contributed by atoms with Crippen molar-refractivity contribution in [2.75, 3.05) is 0 Å². The molecule has 0 aliphatic heterocycles. The Hall–Kier alpha value is -0.781. The molecule has 0 radical (unpaired) electrons. The molecule has 0 aliphatic carbocycles. The Balaban J connectivity index is 0.000000460. The van der Waals surface area contributed by atoms with Crippen molar-refractivity contribution in [2.24, 2.45) is 0 Å². The molecule has 2 aromatic carbocycles. The minimum absolute atomic E-state index is 0. The normalized spacial score (nSPS) is 9.91. The summed E-state index contributed by atoms with van der Waals surface area (Å²) in [5.41, 5.74) is 6.35. The van der Waals surface area contributed by atoms with E-state index in [1.54, 1.807) is 16.7 Å². The molecule has 2 rings (SSSR count). The number of aryl methyl sites for hydroxylation is 3. The van der Waals surface area contributed by atoms with Crippen molar-refractivity contribution in [3.63, 3.8) is 0 Å². The minimum Gasteiger partial charge on any atom is -0.213 e. The van der Waals surface area contributed by atoms with Gasteiger partial charge in [0.2, 0.25) is 0 Å². The molecule has 0 amide bonds. The summed E-state index contributed by atoms with van der Waals surface area (Å²) in [6.07, 6.45) is 10.1. The fourth-order valence-corrected chi connectivity index (χ4v) is 3.06. The average Bonchev–Trinajstić information content (AvgIpc) is 3.14. The van der Waals surface area contributed by atoms with E-state index in [0.29, 0.717) is 0 Å². The van der Waals surface area contributed by atoms with Crippen LogP contribution in [0.1, 0.15) is 75.6 Å². The first-order chi connectivity index (χ1) is 10.8. The Morgan fingerprint density at radius 1 is 0.870 bits per heavy atom. The van der Waals surface area contributed by atoms with Crippen LogP contribution in [0.15, 0.2) is 36.4 Å². The van der Waals surface area contributed by atoms with Crippen molar-refractivity contribution in [1.29, 1.82) is 0 Å². The standard InChI is InChI=1S/C14H23.C8H11.Fe/c1-4-7-12-10-11-13(8-5-2)14(12)9-6-3;1-2-5-8-6-3-4-7-8;/h10-11H,4-9H2,1-3H3;3-4,6-7H,2,5H2,1H3;/q2*-1;+2. The van der Waals surface area contributed by atoms with Gasteiger partial charge in [0, 0.05) is 0 Å². The summed E-state index contributed by atoms with van der Waals surface area (Å²) in [5.74, 6) is 0. The van der Waals surface area contributed by atoms with Crippen molar-refractivity contribution in [3.05, 3.63) is 58.7 Å². The van der Waals surface area contributed by atoms with Crippen LogP contribution < -0.4 is 0 Å². The molecule has 0 saturated heterocycles. The van der Waals surface area contributed by atoms with Crippen LogP contribution in [0.5, 0.6) is 0 Å². The number of hydrogen-bond acceptors (Lipinski definition) is 0. The van der Waals surface area contributed by atoms with Crippen LogP contribution in [0.25, 0.3) is 0 Å². The molecule has 1 heteroatoms. The van der Waals surface area contributed by atoms with E-state index in [9.17, 15) is 0 Å². The summed E-state index contributed by atoms with van der Waals surface area (Å²) in [7, 11) is 0. The monoisotopic (exact) mass is 354 g/mol. The summed E-state index contributed by atoms with van der Waals surface area (Å²) in [5, 5.41) is 0. The molecule has 0 aliphatic rings. The van der Waals surface area contributed by atoms with Crippen LogP contribution in [-0.2, 0) is 42.8 Å². The maximum absolute atomic E-state index is 2.35. The summed E-state index contributed by atoms with van der Waals surface area (Å²) >= 11 is 0. The smallest absolute Gasteiger partial charge is 0.213 e. The van der Waals surface area contributed by atoms with Gasteiger partial charge in [-0.3, -0.25) is 0 Å². The second kappa shape index (κ2) is 13.6. The fraction of sp³-hybridized carbons (Fsp3) is 0.545. The van der Waals surface area contributed by atoms with E-state index in [2.05, 4.69) is 64.1 Å². The minimum atomic E-state index is 0. The molecule has 0 unspecified atom stereocenters. The molecule has 0 atom stereocenters. The first-order valence-corrected chi connectivity index (χ1v) is 9.23. The first-order valence-electron chi connectivity index (χ1n) is 9.23. The van der Waals surface area contributed by atoms with Crippen molar-refractivity contribution in [2.45, 2.75) is 79.1 Å². The molecule has 0 heterocycles. The van der Waals surface area contributed by atoms with Gasteiger partial charge in [-0.2, -0.15) is 40.5 Å². The van der Waals surface area contributed by atoms with Gasteiger partial charge in [0.25, 0.3) is 0 Å². The van der Waals surface area contributed by atoms with E-state index >= 15 is 0 Å². The van der Waals surface area contributed by atoms with Crippen LogP contribution in [0.3, 0.4) is 0 Å². The first kappa shape index (κ1) is 22.2. The van der Waals surface area contributed by atoms with E-state index in [0.717, 1.165) is 0 Å². The Kier molecular flexibility index (Phi) is 13.2. The van der Waals surface area contributed by atoms with Gasteiger partial charge in [0.05, 0.1) is 0 Å². The number of rotatable bonds is 8. The van der Waals surface area contributed by atoms with Gasteiger partial charge in [-0.1, -0.05) is 79.1 Å². The Bertz CT molecular complexity index is 453. The second-order valence-electron chi connectivity index (χ2n) is 6.16. The van der Waals surface area contributed by atoms with Gasteiger partial charge < -0.3 is 0 Å². The van der Waals surface area contributed by atoms with Crippen molar-refractivity contribution >= 4 is 0 Å². The molecule has 2 aromatic rings. The molecule has 0 saturated carbocycles. The summed E-state index contributed by atoms with van der Waals surface area (Å²) in [4.78, 5) is 0. The zero-order valence-corrected chi connectivity index (χ0v) is 16.6. The number of hydrogen-bond donors (Lipinski definition) is 0. The van der Waals surface area contributed by atoms with Gasteiger partial charge >= 0.3 is 17.1 Å². The molecule has 0 fully saturated rings. The molecule has 0 N–H and O–H groups in total. The Labute approximate surface area is 154 Å². The van der Waals surface area contributed by atoms with Gasteiger partial charge in [-0.25, -0.2) is 18.2 Å². The molecule has 23 heavy (non-hydrogen) atoms. The zero-order valence-electron chi connectivity index (χ0n) is 15.5. The molecule has 0 bridgehead atoms. The molecule has 0 aromatic heterocycles. The SMILES string of the molecule is CCCc1cc[c-](CCC)c1CCC.CCCc1ccc[cH-]1.[Fe+2]. The third-order valence-electron chi connectivity index (χ3n) is 4.07. The summed E-state index contributed by atoms with van der Waals surface area (Å²) < 4.78 is 0. The average molecular weight is 354 g/mol. The van der Waals surface area contributed by atoms with E-state index in [1.165, 1.54) is 56.9 Å². The van der Waals surface area contributed by atoms with Crippen LogP contribution >= 0.6 is 0 Å². The fourth-order valence-electron chi connectivity index (χ4n) is 3.06. The van der Waals surface area contributed by atoms with Gasteiger partial charge in [0.1, 0.15) is 0 Å². The predicted molar refractivity (Wildman–Crippen MR) is 100 cm³/mol. The van der Waals surface area contributed by atoms with Crippen LogP contribution in [0, 0.1) is 0 Å². The van der Waals surface area contributed by atoms with Crippen LogP contribution in [-0.4, -0.2) is 0 Å². The summed E-state index contributed by atoms with van der Waals surface area (Å²) in [6, 6.07) is 13.2. The Morgan fingerprint density at radius 3 is 2.09 bits per heavy atom. The zero-order chi connectivity index (χ0) is 16.2. The van der Waals surface area contributed by atoms with Crippen LogP contribution in [0.4, 0.5) is 0 Å². The largest absolute Gasteiger partial charge is 2.00 e. The topological polar surface area (TPSA) is 0 Å². The second-order valence-corrected chi connectivity index (χ2v) is 6.16. The van der Waals surface area contributed by atoms with E-state index in [1.807, 2.05) is 0 Å². The van der Waals surface area contributed by atoms with Gasteiger partial charge in [-0.05, 0) is 0 Å². The Morgan fingerprint density at radius 2 is 1.57 bits per heavy atom. The maximum Gasteiger partial charge on any atom is 2.00 e. The van der Waals surface area contributed by atoms with E-state index in [4.69, 9.17) is 0 Å². The molecular formula is C22H34Fe. The molecule has 0 spiro atoms. The van der Waals surface area contributed by atoms with Crippen molar-refractivity contribution in [1.82, 2.24) is 0 Å². The van der Waals surface area contributed by atoms with Gasteiger partial charge in [0.15, 0.2) is 0 Å². The van der Waals surface area contributed by atoms with E-state index in [-0.39, 0.29) is 17.1 Å². The third-order valence-corrected chi connectivity index (χ3v) is 4.07. The van der Waals surface area contributed by atoms with E-state index < -0.39 is 0 Å². The third kappa shape index (κ3) is 8.04. The van der Waals surface area contributed by atoms with Crippen LogP contribution in [0.2, 0.25) is 0 Å².